The maximum absolute atomic E-state index is 12.5. The molecule has 2 aromatic rings. The Balaban J connectivity index is 1.55. The molecule has 3 rings (SSSR count). The van der Waals surface area contributed by atoms with E-state index in [1.54, 1.807) is 24.3 Å². The number of aliphatic carboxylic acids is 1. The van der Waals surface area contributed by atoms with E-state index in [4.69, 9.17) is 10.8 Å². The number of carbonyl (C=O) groups excluding carboxylic acids is 2. The van der Waals surface area contributed by atoms with Crippen LogP contribution in [0.15, 0.2) is 29.1 Å². The molecule has 1 aromatic carbocycles. The third-order valence-corrected chi connectivity index (χ3v) is 4.94. The Morgan fingerprint density at radius 3 is 2.70 bits per heavy atom. The molecule has 2 unspecified atom stereocenters. The molecule has 0 saturated carbocycles. The Kier molecular flexibility index (Phi) is 7.33. The monoisotopic (exact) mass is 459 g/mol. The van der Waals surface area contributed by atoms with Crippen molar-refractivity contribution in [2.75, 3.05) is 41.9 Å². The zero-order chi connectivity index (χ0) is 24.0. The van der Waals surface area contributed by atoms with Crippen LogP contribution in [-0.4, -0.2) is 65.2 Å². The molecule has 2 atom stereocenters. The number of nitrogens with zero attached hydrogens (tertiary/aromatic N) is 1. The van der Waals surface area contributed by atoms with Crippen molar-refractivity contribution in [2.45, 2.75) is 24.9 Å². The first kappa shape index (κ1) is 23.4. The molecule has 0 bridgehead atoms. The van der Waals surface area contributed by atoms with Crippen molar-refractivity contribution in [1.29, 1.82) is 0 Å². The van der Waals surface area contributed by atoms with Gasteiger partial charge in [0.05, 0.1) is 13.2 Å². The molecule has 1 aromatic heterocycles. The third-order valence-electron chi connectivity index (χ3n) is 4.94. The maximum Gasteiger partial charge on any atom is 0.328 e. The number of hydrogen-bond acceptors (Lipinski definition) is 10. The number of aromatic nitrogens is 2. The van der Waals surface area contributed by atoms with E-state index < -0.39 is 23.9 Å². The number of nitrogen functional groups attached to an aromatic ring is 1. The van der Waals surface area contributed by atoms with Crippen LogP contribution in [0.2, 0.25) is 0 Å². The van der Waals surface area contributed by atoms with Gasteiger partial charge in [-0.05, 0) is 30.7 Å². The average Bonchev–Trinajstić information content (AvgIpc) is 2.80. The van der Waals surface area contributed by atoms with Gasteiger partial charge in [0.15, 0.2) is 5.82 Å². The van der Waals surface area contributed by atoms with Gasteiger partial charge in [-0.25, -0.2) is 4.79 Å². The predicted octanol–water partition coefficient (Wildman–Crippen LogP) is -0.194. The number of H-pyrrole nitrogens is 1. The van der Waals surface area contributed by atoms with Gasteiger partial charge < -0.3 is 36.8 Å². The first-order chi connectivity index (χ1) is 15.8. The standard InChI is InChI=1S/C20H25N7O6/c1-33-19(32)13(6-7-14(28)29)25-17(30)10-2-4-11(5-3-10)22-8-12-9-23-16-15(24-12)18(31)27-20(21)26-16/h2-5,12-13,22,24H,6-9H2,1H3,(H,25,30)(H,28,29)(H4,21,23,26,27,31). The number of hydrogen-bond donors (Lipinski definition) is 7. The number of esters is 1. The number of amides is 1. The number of nitrogens with two attached hydrogens (primary N) is 1. The largest absolute Gasteiger partial charge is 0.481 e. The number of carboxylic acid groups (broad SMARTS) is 1. The van der Waals surface area contributed by atoms with Crippen LogP contribution >= 0.6 is 0 Å². The first-order valence-corrected chi connectivity index (χ1v) is 10.1. The second-order valence-corrected chi connectivity index (χ2v) is 7.34. The van der Waals surface area contributed by atoms with Gasteiger partial charge in [0.25, 0.3) is 11.5 Å². The van der Waals surface area contributed by atoms with Crippen molar-refractivity contribution >= 4 is 41.0 Å². The van der Waals surface area contributed by atoms with E-state index in [1.807, 2.05) is 0 Å². The Hall–Kier alpha value is -4.29. The minimum Gasteiger partial charge on any atom is -0.481 e. The lowest BCUT2D eigenvalue weighted by atomic mass is 10.1. The highest BCUT2D eigenvalue weighted by molar-refractivity contribution is 5.97. The fourth-order valence-corrected chi connectivity index (χ4v) is 3.23. The van der Waals surface area contributed by atoms with E-state index in [2.05, 4.69) is 36.0 Å². The van der Waals surface area contributed by atoms with Crippen LogP contribution in [0.25, 0.3) is 0 Å². The number of fused-ring (bicyclic) bond motifs is 1. The molecule has 0 aliphatic carbocycles. The lowest BCUT2D eigenvalue weighted by molar-refractivity contribution is -0.143. The molecule has 176 valence electrons. The number of carboxylic acids is 1. The minimum atomic E-state index is -1.08. The van der Waals surface area contributed by atoms with Crippen molar-refractivity contribution in [2.24, 2.45) is 0 Å². The second kappa shape index (κ2) is 10.3. The average molecular weight is 459 g/mol. The second-order valence-electron chi connectivity index (χ2n) is 7.34. The van der Waals surface area contributed by atoms with E-state index >= 15 is 0 Å². The zero-order valence-electron chi connectivity index (χ0n) is 17.8. The van der Waals surface area contributed by atoms with Gasteiger partial charge >= 0.3 is 11.9 Å². The van der Waals surface area contributed by atoms with Gasteiger partial charge in [0, 0.05) is 30.8 Å². The molecule has 2 heterocycles. The maximum atomic E-state index is 12.5. The Labute approximate surface area is 188 Å². The highest BCUT2D eigenvalue weighted by atomic mass is 16.5. The third kappa shape index (κ3) is 6.12. The molecule has 8 N–H and O–H groups in total. The van der Waals surface area contributed by atoms with Crippen LogP contribution in [0, 0.1) is 0 Å². The van der Waals surface area contributed by atoms with Gasteiger partial charge in [-0.1, -0.05) is 0 Å². The fraction of sp³-hybridized carbons (Fsp3) is 0.350. The number of rotatable bonds is 9. The number of methoxy groups -OCH3 is 1. The molecule has 1 aliphatic rings. The smallest absolute Gasteiger partial charge is 0.328 e. The fourth-order valence-electron chi connectivity index (χ4n) is 3.23. The number of benzene rings is 1. The summed E-state index contributed by atoms with van der Waals surface area (Å²) in [4.78, 5) is 53.5. The van der Waals surface area contributed by atoms with Gasteiger partial charge in [-0.2, -0.15) is 4.98 Å². The molecule has 1 amide bonds. The summed E-state index contributed by atoms with van der Waals surface area (Å²) in [6, 6.07) is 5.36. The summed E-state index contributed by atoms with van der Waals surface area (Å²) in [5, 5.41) is 20.7. The van der Waals surface area contributed by atoms with E-state index in [1.165, 1.54) is 7.11 Å². The number of carbonyl (C=O) groups is 3. The number of aromatic amines is 1. The number of anilines is 4. The van der Waals surface area contributed by atoms with Gasteiger partial charge in [-0.3, -0.25) is 19.4 Å². The lowest BCUT2D eigenvalue weighted by Gasteiger charge is -2.27. The summed E-state index contributed by atoms with van der Waals surface area (Å²) in [6.45, 7) is 0.989. The summed E-state index contributed by atoms with van der Waals surface area (Å²) in [7, 11) is 1.17. The van der Waals surface area contributed by atoms with Gasteiger partial charge in [0.2, 0.25) is 5.95 Å². The van der Waals surface area contributed by atoms with Crippen LogP contribution in [0.3, 0.4) is 0 Å². The molecule has 13 nitrogen and oxygen atoms in total. The van der Waals surface area contributed by atoms with Gasteiger partial charge in [0.1, 0.15) is 11.7 Å². The Morgan fingerprint density at radius 1 is 1.30 bits per heavy atom. The highest BCUT2D eigenvalue weighted by Crippen LogP contribution is 2.20. The van der Waals surface area contributed by atoms with Crippen molar-refractivity contribution in [3.05, 3.63) is 40.2 Å². The number of ether oxygens (including phenoxy) is 1. The topological polar surface area (TPSA) is 201 Å². The quantitative estimate of drug-likeness (QED) is 0.245. The molecule has 0 fully saturated rings. The van der Waals surface area contributed by atoms with E-state index in [-0.39, 0.29) is 30.4 Å². The van der Waals surface area contributed by atoms with E-state index in [9.17, 15) is 19.2 Å². The molecule has 0 spiro atoms. The molecule has 33 heavy (non-hydrogen) atoms. The van der Waals surface area contributed by atoms with E-state index in [0.717, 1.165) is 5.69 Å². The lowest BCUT2D eigenvalue weighted by Crippen LogP contribution is -2.42. The van der Waals surface area contributed by atoms with Crippen LogP contribution in [-0.2, 0) is 14.3 Å². The van der Waals surface area contributed by atoms with Crippen molar-refractivity contribution in [3.8, 4) is 0 Å². The normalized spacial score (nSPS) is 15.2. The molecule has 0 radical (unpaired) electrons. The van der Waals surface area contributed by atoms with Crippen molar-refractivity contribution in [3.63, 3.8) is 0 Å². The summed E-state index contributed by atoms with van der Waals surface area (Å²) in [5.74, 6) is -1.88. The molecule has 1 aliphatic heterocycles. The highest BCUT2D eigenvalue weighted by Gasteiger charge is 2.23. The van der Waals surface area contributed by atoms with E-state index in [0.29, 0.717) is 30.2 Å². The first-order valence-electron chi connectivity index (χ1n) is 10.1. The SMILES string of the molecule is COC(=O)C(CCC(=O)O)NC(=O)c1ccc(NCC2CNc3nc(N)[nH]c(=O)c3N2)cc1. The van der Waals surface area contributed by atoms with Crippen LogP contribution in [0.4, 0.5) is 23.1 Å². The summed E-state index contributed by atoms with van der Waals surface area (Å²) < 4.78 is 4.63. The molecular weight excluding hydrogens is 434 g/mol. The summed E-state index contributed by atoms with van der Waals surface area (Å²) >= 11 is 0. The summed E-state index contributed by atoms with van der Waals surface area (Å²) in [5.41, 5.74) is 6.53. The number of nitrogens with one attached hydrogen (secondary N) is 5. The van der Waals surface area contributed by atoms with Crippen LogP contribution in [0.1, 0.15) is 23.2 Å². The summed E-state index contributed by atoms with van der Waals surface area (Å²) in [6.07, 6.45) is -0.364. The Morgan fingerprint density at radius 2 is 2.03 bits per heavy atom. The van der Waals surface area contributed by atoms with Crippen LogP contribution in [0.5, 0.6) is 0 Å². The molecule has 13 heteroatoms. The molecule has 0 saturated heterocycles. The minimum absolute atomic E-state index is 0.0357. The molecular formula is C20H25N7O6. The zero-order valence-corrected chi connectivity index (χ0v) is 17.8. The predicted molar refractivity (Wildman–Crippen MR) is 120 cm³/mol. The van der Waals surface area contributed by atoms with Gasteiger partial charge in [-0.15, -0.1) is 0 Å². The van der Waals surface area contributed by atoms with Crippen LogP contribution < -0.4 is 32.6 Å². The Bertz CT molecular complexity index is 1090. The van der Waals surface area contributed by atoms with Crippen molar-refractivity contribution < 1.29 is 24.2 Å². The van der Waals surface area contributed by atoms with Crippen molar-refractivity contribution in [1.82, 2.24) is 15.3 Å².